The zero-order chi connectivity index (χ0) is 25.5. The third kappa shape index (κ3) is 6.11. The number of carbonyl (C=O) groups excluding carboxylic acids is 2. The van der Waals surface area contributed by atoms with Crippen LogP contribution in [0.2, 0.25) is 0 Å². The third-order valence-electron chi connectivity index (χ3n) is 6.88. The highest BCUT2D eigenvalue weighted by atomic mass is 16.5. The Morgan fingerprint density at radius 1 is 1.06 bits per heavy atom. The molecule has 3 aromatic rings. The average molecular weight is 486 g/mol. The predicted molar refractivity (Wildman–Crippen MR) is 141 cm³/mol. The molecule has 36 heavy (non-hydrogen) atoms. The van der Waals surface area contributed by atoms with Gasteiger partial charge < -0.3 is 15.0 Å². The van der Waals surface area contributed by atoms with Crippen molar-refractivity contribution in [2.75, 3.05) is 13.1 Å². The fraction of sp³-hybridized carbons (Fsp3) is 0.367. The number of likely N-dealkylation sites (tertiary alicyclic amines) is 1. The van der Waals surface area contributed by atoms with Crippen LogP contribution in [0.25, 0.3) is 0 Å². The molecule has 4 rings (SSSR count). The number of hydrogen-bond donors (Lipinski definition) is 1. The highest BCUT2D eigenvalue weighted by Gasteiger charge is 2.29. The highest BCUT2D eigenvalue weighted by Crippen LogP contribution is 2.27. The summed E-state index contributed by atoms with van der Waals surface area (Å²) in [5.74, 6) is 0.787. The number of aromatic nitrogens is 1. The fourth-order valence-corrected chi connectivity index (χ4v) is 4.92. The minimum atomic E-state index is -0.109. The van der Waals surface area contributed by atoms with E-state index >= 15 is 0 Å². The Morgan fingerprint density at radius 2 is 1.75 bits per heavy atom. The molecule has 0 aliphatic carbocycles. The van der Waals surface area contributed by atoms with Crippen LogP contribution in [0.1, 0.15) is 64.7 Å². The molecule has 0 spiro atoms. The quantitative estimate of drug-likeness (QED) is 0.477. The standard InChI is InChI=1S/C30H35N3O3/c1-4-27(24-10-6-5-7-11-24)30(35)33-15-12-26(13-16-33)32-29(34)25-17-21(2)28(22(3)18-25)36-20-23-9-8-14-31-19-23/h5-11,14,17-19,26-27H,4,12-13,15-16,20H2,1-3H3,(H,32,34). The molecule has 6 nitrogen and oxygen atoms in total. The Labute approximate surface area is 213 Å². The van der Waals surface area contributed by atoms with E-state index in [2.05, 4.69) is 17.2 Å². The molecular formula is C30H35N3O3. The van der Waals surface area contributed by atoms with Gasteiger partial charge >= 0.3 is 0 Å². The lowest BCUT2D eigenvalue weighted by Crippen LogP contribution is -2.47. The van der Waals surface area contributed by atoms with Gasteiger partial charge in [-0.25, -0.2) is 0 Å². The van der Waals surface area contributed by atoms with Crippen molar-refractivity contribution in [2.24, 2.45) is 0 Å². The van der Waals surface area contributed by atoms with E-state index in [1.165, 1.54) is 0 Å². The van der Waals surface area contributed by atoms with E-state index in [1.807, 2.05) is 73.3 Å². The van der Waals surface area contributed by atoms with E-state index < -0.39 is 0 Å². The van der Waals surface area contributed by atoms with Gasteiger partial charge in [-0.2, -0.15) is 0 Å². The molecule has 1 saturated heterocycles. The molecule has 1 N–H and O–H groups in total. The maximum absolute atomic E-state index is 13.2. The van der Waals surface area contributed by atoms with Crippen LogP contribution >= 0.6 is 0 Å². The monoisotopic (exact) mass is 485 g/mol. The Bertz CT molecular complexity index is 1150. The summed E-state index contributed by atoms with van der Waals surface area (Å²) in [4.78, 5) is 32.2. The van der Waals surface area contributed by atoms with Gasteiger partial charge in [0.2, 0.25) is 5.91 Å². The average Bonchev–Trinajstić information content (AvgIpc) is 2.90. The number of rotatable bonds is 8. The molecule has 1 aliphatic heterocycles. The van der Waals surface area contributed by atoms with E-state index in [1.54, 1.807) is 12.4 Å². The van der Waals surface area contributed by atoms with Crippen molar-refractivity contribution in [3.63, 3.8) is 0 Å². The molecule has 2 amide bonds. The number of carbonyl (C=O) groups is 2. The summed E-state index contributed by atoms with van der Waals surface area (Å²) in [5, 5.41) is 3.18. The van der Waals surface area contributed by atoms with Crippen LogP contribution in [0.4, 0.5) is 0 Å². The van der Waals surface area contributed by atoms with Gasteiger partial charge in [0.1, 0.15) is 12.4 Å². The molecule has 1 unspecified atom stereocenters. The summed E-state index contributed by atoms with van der Waals surface area (Å²) in [7, 11) is 0. The van der Waals surface area contributed by atoms with Crippen LogP contribution < -0.4 is 10.1 Å². The maximum atomic E-state index is 13.2. The number of aryl methyl sites for hydroxylation is 2. The van der Waals surface area contributed by atoms with Crippen molar-refractivity contribution < 1.29 is 14.3 Å². The topological polar surface area (TPSA) is 71.5 Å². The Balaban J connectivity index is 1.32. The lowest BCUT2D eigenvalue weighted by atomic mass is 9.93. The third-order valence-corrected chi connectivity index (χ3v) is 6.88. The van der Waals surface area contributed by atoms with Gasteiger partial charge in [-0.15, -0.1) is 0 Å². The first-order chi connectivity index (χ1) is 17.5. The predicted octanol–water partition coefficient (Wildman–Crippen LogP) is 5.19. The number of ether oxygens (including phenoxy) is 1. The minimum absolute atomic E-state index is 0.0560. The largest absolute Gasteiger partial charge is 0.488 e. The van der Waals surface area contributed by atoms with Crippen LogP contribution in [0.3, 0.4) is 0 Å². The van der Waals surface area contributed by atoms with E-state index in [-0.39, 0.29) is 23.8 Å². The lowest BCUT2D eigenvalue weighted by Gasteiger charge is -2.34. The van der Waals surface area contributed by atoms with Gasteiger partial charge in [-0.3, -0.25) is 14.6 Å². The van der Waals surface area contributed by atoms with Gasteiger partial charge in [0.25, 0.3) is 5.91 Å². The summed E-state index contributed by atoms with van der Waals surface area (Å²) < 4.78 is 6.02. The zero-order valence-electron chi connectivity index (χ0n) is 21.4. The van der Waals surface area contributed by atoms with Crippen molar-refractivity contribution in [2.45, 2.75) is 58.6 Å². The minimum Gasteiger partial charge on any atom is -0.488 e. The zero-order valence-corrected chi connectivity index (χ0v) is 21.4. The van der Waals surface area contributed by atoms with Gasteiger partial charge in [0, 0.05) is 42.7 Å². The molecule has 1 fully saturated rings. The molecule has 1 aliphatic rings. The second-order valence-corrected chi connectivity index (χ2v) is 9.53. The second kappa shape index (κ2) is 11.8. The number of piperidine rings is 1. The molecule has 1 aromatic heterocycles. The van der Waals surface area contributed by atoms with Crippen LogP contribution in [-0.4, -0.2) is 40.8 Å². The Morgan fingerprint density at radius 3 is 2.36 bits per heavy atom. The number of hydrogen-bond acceptors (Lipinski definition) is 4. The number of nitrogens with one attached hydrogen (secondary N) is 1. The van der Waals surface area contributed by atoms with Crippen molar-refractivity contribution in [1.82, 2.24) is 15.2 Å². The van der Waals surface area contributed by atoms with E-state index in [0.29, 0.717) is 25.3 Å². The van der Waals surface area contributed by atoms with Crippen molar-refractivity contribution in [1.29, 1.82) is 0 Å². The molecule has 188 valence electrons. The van der Waals surface area contributed by atoms with Crippen molar-refractivity contribution in [3.05, 3.63) is 94.8 Å². The first-order valence-corrected chi connectivity index (χ1v) is 12.7. The van der Waals surface area contributed by atoms with Crippen molar-refractivity contribution in [3.8, 4) is 5.75 Å². The van der Waals surface area contributed by atoms with Crippen LogP contribution in [0.5, 0.6) is 5.75 Å². The van der Waals surface area contributed by atoms with E-state index in [0.717, 1.165) is 47.3 Å². The summed E-state index contributed by atoms with van der Waals surface area (Å²) in [5.41, 5.74) is 4.55. The van der Waals surface area contributed by atoms with Crippen molar-refractivity contribution >= 4 is 11.8 Å². The molecule has 0 radical (unpaired) electrons. The van der Waals surface area contributed by atoms with Crippen LogP contribution in [0.15, 0.2) is 67.0 Å². The lowest BCUT2D eigenvalue weighted by molar-refractivity contribution is -0.134. The first-order valence-electron chi connectivity index (χ1n) is 12.7. The highest BCUT2D eigenvalue weighted by molar-refractivity contribution is 5.95. The van der Waals surface area contributed by atoms with Gasteiger partial charge in [-0.05, 0) is 68.0 Å². The van der Waals surface area contributed by atoms with Gasteiger partial charge in [-0.1, -0.05) is 43.3 Å². The molecule has 2 heterocycles. The normalized spacial score (nSPS) is 14.8. The summed E-state index contributed by atoms with van der Waals surface area (Å²) in [6.45, 7) is 7.73. The molecule has 0 saturated carbocycles. The fourth-order valence-electron chi connectivity index (χ4n) is 4.92. The number of pyridine rings is 1. The Hall–Kier alpha value is -3.67. The smallest absolute Gasteiger partial charge is 0.251 e. The first kappa shape index (κ1) is 25.4. The van der Waals surface area contributed by atoms with E-state index in [4.69, 9.17) is 4.74 Å². The number of benzene rings is 2. The van der Waals surface area contributed by atoms with E-state index in [9.17, 15) is 9.59 Å². The SMILES string of the molecule is CCC(C(=O)N1CCC(NC(=O)c2cc(C)c(OCc3cccnc3)c(C)c2)CC1)c1ccccc1. The molecule has 6 heteroatoms. The summed E-state index contributed by atoms with van der Waals surface area (Å²) in [6, 6.07) is 17.7. The molecular weight excluding hydrogens is 450 g/mol. The number of amides is 2. The van der Waals surface area contributed by atoms with Crippen LogP contribution in [-0.2, 0) is 11.4 Å². The number of nitrogens with zero attached hydrogens (tertiary/aromatic N) is 2. The maximum Gasteiger partial charge on any atom is 0.251 e. The molecule has 0 bridgehead atoms. The molecule has 2 aromatic carbocycles. The summed E-state index contributed by atoms with van der Waals surface area (Å²) in [6.07, 6.45) is 5.82. The van der Waals surface area contributed by atoms with Crippen LogP contribution in [0, 0.1) is 13.8 Å². The van der Waals surface area contributed by atoms with Gasteiger partial charge in [0.05, 0.1) is 5.92 Å². The second-order valence-electron chi connectivity index (χ2n) is 9.53. The molecule has 1 atom stereocenters. The van der Waals surface area contributed by atoms with Gasteiger partial charge in [0.15, 0.2) is 0 Å². The summed E-state index contributed by atoms with van der Waals surface area (Å²) >= 11 is 0. The Kier molecular flexibility index (Phi) is 8.36.